The van der Waals surface area contributed by atoms with Crippen molar-refractivity contribution in [1.29, 1.82) is 0 Å². The van der Waals surface area contributed by atoms with Crippen molar-refractivity contribution in [1.82, 2.24) is 9.80 Å². The second-order valence-corrected chi connectivity index (χ2v) is 9.28. The lowest BCUT2D eigenvalue weighted by molar-refractivity contribution is -0.133. The quantitative estimate of drug-likeness (QED) is 0.762. The summed E-state index contributed by atoms with van der Waals surface area (Å²) in [4.78, 5) is 16.2. The molecule has 2 N–H and O–H groups in total. The highest BCUT2D eigenvalue weighted by molar-refractivity contribution is 8.01. The minimum absolute atomic E-state index is 0.0622. The fraction of sp³-hybridized carbons (Fsp3) is 0.923. The molecule has 6 nitrogen and oxygen atoms in total. The van der Waals surface area contributed by atoms with Crippen LogP contribution in [0.25, 0.3) is 0 Å². The van der Waals surface area contributed by atoms with E-state index in [1.807, 2.05) is 0 Å². The van der Waals surface area contributed by atoms with E-state index in [9.17, 15) is 13.2 Å². The number of nitrogens with two attached hydrogens (primary N) is 1. The van der Waals surface area contributed by atoms with Crippen LogP contribution in [0.1, 0.15) is 19.8 Å². The van der Waals surface area contributed by atoms with Crippen LogP contribution in [0.15, 0.2) is 0 Å². The summed E-state index contributed by atoms with van der Waals surface area (Å²) in [5.74, 6) is 1.33. The molecular weight excluding hydrogens is 310 g/mol. The lowest BCUT2D eigenvalue weighted by Crippen LogP contribution is -2.54. The van der Waals surface area contributed by atoms with Gasteiger partial charge in [-0.3, -0.25) is 9.69 Å². The van der Waals surface area contributed by atoms with Crippen LogP contribution in [-0.2, 0) is 14.6 Å². The maximum Gasteiger partial charge on any atom is 0.237 e. The molecule has 0 saturated carbocycles. The average molecular weight is 335 g/mol. The van der Waals surface area contributed by atoms with E-state index >= 15 is 0 Å². The van der Waals surface area contributed by atoms with Crippen molar-refractivity contribution in [2.45, 2.75) is 31.2 Å². The third-order valence-corrected chi connectivity index (χ3v) is 7.50. The Morgan fingerprint density at radius 3 is 2.57 bits per heavy atom. The lowest BCUT2D eigenvalue weighted by atomic mass is 10.1. The number of carbonyl (C=O) groups is 1. The highest BCUT2D eigenvalue weighted by Gasteiger charge is 2.36. The number of hydrogen-bond donors (Lipinski definition) is 1. The van der Waals surface area contributed by atoms with Gasteiger partial charge < -0.3 is 10.6 Å². The summed E-state index contributed by atoms with van der Waals surface area (Å²) in [6.07, 6.45) is 1.81. The first kappa shape index (κ1) is 17.1. The molecule has 2 aliphatic heterocycles. The van der Waals surface area contributed by atoms with Crippen molar-refractivity contribution in [2.75, 3.05) is 43.4 Å². The van der Waals surface area contributed by atoms with Crippen molar-refractivity contribution in [3.05, 3.63) is 0 Å². The van der Waals surface area contributed by atoms with Crippen molar-refractivity contribution in [3.8, 4) is 0 Å². The Kier molecular flexibility index (Phi) is 5.93. The molecule has 1 unspecified atom stereocenters. The first-order valence-electron chi connectivity index (χ1n) is 7.50. The molecule has 8 heteroatoms. The number of hydrogen-bond acceptors (Lipinski definition) is 6. The van der Waals surface area contributed by atoms with E-state index in [1.54, 1.807) is 23.6 Å². The first-order valence-corrected chi connectivity index (χ1v) is 10.4. The van der Waals surface area contributed by atoms with Gasteiger partial charge in [-0.15, -0.1) is 0 Å². The van der Waals surface area contributed by atoms with E-state index in [-0.39, 0.29) is 17.7 Å². The van der Waals surface area contributed by atoms with Gasteiger partial charge in [0.05, 0.1) is 6.54 Å². The minimum atomic E-state index is -3.22. The molecule has 1 atom stereocenters. The van der Waals surface area contributed by atoms with E-state index in [4.69, 9.17) is 5.73 Å². The SMILES string of the molecule is CCS(=O)(=O)C1CSCCN1C(=O)CN1CCC(N)CC1. The van der Waals surface area contributed by atoms with Gasteiger partial charge >= 0.3 is 0 Å². The van der Waals surface area contributed by atoms with E-state index < -0.39 is 15.2 Å². The molecule has 21 heavy (non-hydrogen) atoms. The predicted molar refractivity (Wildman–Crippen MR) is 85.9 cm³/mol. The van der Waals surface area contributed by atoms with Gasteiger partial charge in [-0.1, -0.05) is 6.92 Å². The summed E-state index contributed by atoms with van der Waals surface area (Å²) >= 11 is 1.61. The number of carbonyl (C=O) groups excluding carboxylic acids is 1. The fourth-order valence-corrected chi connectivity index (χ4v) is 5.74. The molecule has 0 aromatic carbocycles. The normalized spacial score (nSPS) is 26.0. The monoisotopic (exact) mass is 335 g/mol. The Balaban J connectivity index is 1.99. The molecule has 2 saturated heterocycles. The third-order valence-electron chi connectivity index (χ3n) is 4.21. The zero-order valence-electron chi connectivity index (χ0n) is 12.5. The van der Waals surface area contributed by atoms with Gasteiger partial charge in [0.25, 0.3) is 0 Å². The summed E-state index contributed by atoms with van der Waals surface area (Å²) in [6.45, 7) is 4.12. The van der Waals surface area contributed by atoms with E-state index in [1.165, 1.54) is 0 Å². The summed E-state index contributed by atoms with van der Waals surface area (Å²) < 4.78 is 24.3. The molecule has 0 radical (unpaired) electrons. The standard InChI is InChI=1S/C13H25N3O3S2/c1-2-21(18,19)13-10-20-8-7-16(13)12(17)9-15-5-3-11(14)4-6-15/h11,13H,2-10,14H2,1H3. The van der Waals surface area contributed by atoms with Gasteiger partial charge in [0, 0.05) is 42.9 Å². The zero-order valence-corrected chi connectivity index (χ0v) is 14.2. The predicted octanol–water partition coefficient (Wildman–Crippen LogP) is -0.254. The van der Waals surface area contributed by atoms with E-state index in [0.29, 0.717) is 18.8 Å². The Labute approximate surface area is 131 Å². The molecule has 0 bridgehead atoms. The van der Waals surface area contributed by atoms with Crippen LogP contribution < -0.4 is 5.73 Å². The summed E-state index contributed by atoms with van der Waals surface area (Å²) in [5, 5.41) is -0.652. The maximum atomic E-state index is 12.5. The zero-order chi connectivity index (χ0) is 15.5. The maximum absolute atomic E-state index is 12.5. The summed E-state index contributed by atoms with van der Waals surface area (Å²) in [7, 11) is -3.22. The minimum Gasteiger partial charge on any atom is -0.328 e. The molecule has 2 aliphatic rings. The number of piperidine rings is 1. The van der Waals surface area contributed by atoms with Crippen LogP contribution >= 0.6 is 11.8 Å². The topological polar surface area (TPSA) is 83.7 Å². The molecule has 0 spiro atoms. The molecule has 1 amide bonds. The van der Waals surface area contributed by atoms with Gasteiger partial charge in [0.1, 0.15) is 5.37 Å². The van der Waals surface area contributed by atoms with E-state index in [0.717, 1.165) is 31.7 Å². The first-order chi connectivity index (χ1) is 9.94. The lowest BCUT2D eigenvalue weighted by Gasteiger charge is -2.37. The Morgan fingerprint density at radius 1 is 1.29 bits per heavy atom. The Hall–Kier alpha value is -0.310. The van der Waals surface area contributed by atoms with Gasteiger partial charge in [-0.25, -0.2) is 8.42 Å². The Morgan fingerprint density at radius 2 is 1.95 bits per heavy atom. The number of nitrogens with zero attached hydrogens (tertiary/aromatic N) is 2. The molecule has 0 aliphatic carbocycles. The van der Waals surface area contributed by atoms with Crippen molar-refractivity contribution in [3.63, 3.8) is 0 Å². The molecule has 122 valence electrons. The highest BCUT2D eigenvalue weighted by atomic mass is 32.2. The van der Waals surface area contributed by atoms with Gasteiger partial charge in [0.15, 0.2) is 9.84 Å². The molecule has 0 aromatic rings. The van der Waals surface area contributed by atoms with Crippen molar-refractivity contribution < 1.29 is 13.2 Å². The Bertz CT molecular complexity index is 461. The van der Waals surface area contributed by atoms with Gasteiger partial charge in [-0.2, -0.15) is 11.8 Å². The van der Waals surface area contributed by atoms with Gasteiger partial charge in [-0.05, 0) is 12.8 Å². The van der Waals surface area contributed by atoms with Gasteiger partial charge in [0.2, 0.25) is 5.91 Å². The molecule has 2 heterocycles. The average Bonchev–Trinajstić information content (AvgIpc) is 2.49. The van der Waals surface area contributed by atoms with Crippen molar-refractivity contribution in [2.24, 2.45) is 5.73 Å². The van der Waals surface area contributed by atoms with Crippen LogP contribution in [0.2, 0.25) is 0 Å². The van der Waals surface area contributed by atoms with Crippen LogP contribution in [-0.4, -0.2) is 79.0 Å². The second-order valence-electron chi connectivity index (χ2n) is 5.68. The third kappa shape index (κ3) is 4.34. The molecule has 2 rings (SSSR count). The number of amides is 1. The largest absolute Gasteiger partial charge is 0.328 e. The summed E-state index contributed by atoms with van der Waals surface area (Å²) in [5.41, 5.74) is 5.86. The molecule has 2 fully saturated rings. The fourth-order valence-electron chi connectivity index (χ4n) is 2.75. The number of likely N-dealkylation sites (tertiary alicyclic amines) is 1. The van der Waals surface area contributed by atoms with Crippen LogP contribution in [0, 0.1) is 0 Å². The van der Waals surface area contributed by atoms with Crippen molar-refractivity contribution >= 4 is 27.5 Å². The smallest absolute Gasteiger partial charge is 0.237 e. The second kappa shape index (κ2) is 7.30. The van der Waals surface area contributed by atoms with Crippen LogP contribution in [0.4, 0.5) is 0 Å². The van der Waals surface area contributed by atoms with E-state index in [2.05, 4.69) is 4.90 Å². The molecule has 0 aromatic heterocycles. The molecular formula is C13H25N3O3S2. The number of thioether (sulfide) groups is 1. The number of sulfone groups is 1. The van der Waals surface area contributed by atoms with Crippen LogP contribution in [0.5, 0.6) is 0 Å². The number of rotatable bonds is 4. The highest BCUT2D eigenvalue weighted by Crippen LogP contribution is 2.22. The summed E-state index contributed by atoms with van der Waals surface area (Å²) in [6, 6.07) is 0.232. The van der Waals surface area contributed by atoms with Crippen LogP contribution in [0.3, 0.4) is 0 Å².